The summed E-state index contributed by atoms with van der Waals surface area (Å²) in [6.45, 7) is 3.66. The quantitative estimate of drug-likeness (QED) is 0.858. The highest BCUT2D eigenvalue weighted by atomic mass is 32.1. The van der Waals surface area contributed by atoms with Crippen molar-refractivity contribution in [3.05, 3.63) is 27.7 Å². The van der Waals surface area contributed by atoms with Crippen LogP contribution >= 0.6 is 11.3 Å². The van der Waals surface area contributed by atoms with Crippen LogP contribution in [-0.4, -0.2) is 33.0 Å². The van der Waals surface area contributed by atoms with E-state index in [9.17, 15) is 0 Å². The molecule has 2 fully saturated rings. The van der Waals surface area contributed by atoms with Crippen LogP contribution in [0.4, 0.5) is 0 Å². The van der Waals surface area contributed by atoms with E-state index in [0.29, 0.717) is 12.0 Å². The second-order valence-corrected chi connectivity index (χ2v) is 7.78. The van der Waals surface area contributed by atoms with Crippen LogP contribution < -0.4 is 0 Å². The van der Waals surface area contributed by atoms with Crippen molar-refractivity contribution in [2.24, 2.45) is 0 Å². The number of rotatable bonds is 4. The third-order valence-electron chi connectivity index (χ3n) is 4.94. The fraction of sp³-hybridized carbons (Fsp3) is 0.706. The van der Waals surface area contributed by atoms with Crippen LogP contribution in [0.3, 0.4) is 0 Å². The van der Waals surface area contributed by atoms with E-state index in [-0.39, 0.29) is 0 Å². The minimum absolute atomic E-state index is 0.371. The molecule has 6 heteroatoms. The Bertz CT molecular complexity index is 653. The number of aromatic nitrogens is 4. The van der Waals surface area contributed by atoms with Gasteiger partial charge in [0.2, 0.25) is 0 Å². The summed E-state index contributed by atoms with van der Waals surface area (Å²) < 4.78 is 7.75. The Morgan fingerprint density at radius 3 is 2.78 bits per heavy atom. The number of ether oxygens (including phenoxy) is 1. The van der Waals surface area contributed by atoms with E-state index in [0.717, 1.165) is 48.4 Å². The lowest BCUT2D eigenvalue weighted by Gasteiger charge is -2.23. The smallest absolute Gasteiger partial charge is 0.156 e. The molecule has 2 aliphatic rings. The highest BCUT2D eigenvalue weighted by Gasteiger charge is 2.27. The van der Waals surface area contributed by atoms with E-state index in [1.807, 2.05) is 0 Å². The first kappa shape index (κ1) is 15.3. The minimum Gasteiger partial charge on any atom is -0.381 e. The maximum Gasteiger partial charge on any atom is 0.156 e. The topological polar surface area (TPSA) is 52.8 Å². The van der Waals surface area contributed by atoms with Crippen molar-refractivity contribution in [1.29, 1.82) is 0 Å². The normalized spacial score (nSPS) is 22.7. The molecule has 2 aromatic rings. The molecular weight excluding hydrogens is 308 g/mol. The predicted octanol–water partition coefficient (Wildman–Crippen LogP) is 3.64. The van der Waals surface area contributed by atoms with E-state index in [1.165, 1.54) is 32.1 Å². The van der Waals surface area contributed by atoms with Crippen molar-refractivity contribution in [2.75, 3.05) is 13.2 Å². The SMILES string of the molecule is Cc1nc(Cc2nc([C@H]3CCOC3)nn2C2CCCCC2)cs1. The number of nitrogens with zero attached hydrogens (tertiary/aromatic N) is 4. The molecule has 2 aromatic heterocycles. The van der Waals surface area contributed by atoms with Gasteiger partial charge in [0.25, 0.3) is 0 Å². The summed E-state index contributed by atoms with van der Waals surface area (Å²) in [7, 11) is 0. The molecule has 124 valence electrons. The number of thiazole rings is 1. The largest absolute Gasteiger partial charge is 0.381 e. The zero-order valence-electron chi connectivity index (χ0n) is 13.7. The lowest BCUT2D eigenvalue weighted by atomic mass is 9.95. The van der Waals surface area contributed by atoms with Gasteiger partial charge >= 0.3 is 0 Å². The first-order valence-electron chi connectivity index (χ1n) is 8.73. The fourth-order valence-corrected chi connectivity index (χ4v) is 4.29. The molecule has 0 spiro atoms. The van der Waals surface area contributed by atoms with Gasteiger partial charge in [-0.05, 0) is 26.2 Å². The Hall–Kier alpha value is -1.27. The standard InChI is InChI=1S/C17H24N4OS/c1-12-18-14(11-23-12)9-16-19-17(13-7-8-22-10-13)20-21(16)15-5-3-2-4-6-15/h11,13,15H,2-10H2,1H3/t13-/m0/s1. The molecular formula is C17H24N4OS. The molecule has 1 aliphatic carbocycles. The summed E-state index contributed by atoms with van der Waals surface area (Å²) in [6, 6.07) is 0.516. The maximum absolute atomic E-state index is 5.53. The van der Waals surface area contributed by atoms with Crippen molar-refractivity contribution < 1.29 is 4.74 Å². The van der Waals surface area contributed by atoms with Crippen LogP contribution in [0, 0.1) is 6.92 Å². The Labute approximate surface area is 141 Å². The molecule has 4 rings (SSSR count). The van der Waals surface area contributed by atoms with Crippen molar-refractivity contribution >= 4 is 11.3 Å². The number of hydrogen-bond donors (Lipinski definition) is 0. The first-order valence-corrected chi connectivity index (χ1v) is 9.61. The van der Waals surface area contributed by atoms with Gasteiger partial charge < -0.3 is 4.74 Å². The summed E-state index contributed by atoms with van der Waals surface area (Å²) in [5, 5.41) is 8.19. The van der Waals surface area contributed by atoms with Crippen LogP contribution in [-0.2, 0) is 11.2 Å². The maximum atomic E-state index is 5.53. The average Bonchev–Trinajstić information content (AvgIpc) is 3.29. The molecule has 0 radical (unpaired) electrons. The van der Waals surface area contributed by atoms with Gasteiger partial charge in [0.05, 0.1) is 29.8 Å². The molecule has 0 unspecified atom stereocenters. The zero-order valence-corrected chi connectivity index (χ0v) is 14.5. The van der Waals surface area contributed by atoms with Crippen molar-refractivity contribution in [3.8, 4) is 0 Å². The van der Waals surface area contributed by atoms with Gasteiger partial charge in [0.1, 0.15) is 5.82 Å². The van der Waals surface area contributed by atoms with Gasteiger partial charge in [-0.3, -0.25) is 0 Å². The molecule has 0 N–H and O–H groups in total. The molecule has 23 heavy (non-hydrogen) atoms. The Morgan fingerprint density at radius 2 is 2.09 bits per heavy atom. The van der Waals surface area contributed by atoms with E-state index in [2.05, 4.69) is 22.0 Å². The highest BCUT2D eigenvalue weighted by Crippen LogP contribution is 2.31. The molecule has 1 aliphatic heterocycles. The van der Waals surface area contributed by atoms with Crippen LogP contribution in [0.25, 0.3) is 0 Å². The molecule has 1 saturated heterocycles. The van der Waals surface area contributed by atoms with Gasteiger partial charge in [-0.1, -0.05) is 19.3 Å². The van der Waals surface area contributed by atoms with Crippen molar-refractivity contribution in [1.82, 2.24) is 19.7 Å². The van der Waals surface area contributed by atoms with Crippen LogP contribution in [0.2, 0.25) is 0 Å². The van der Waals surface area contributed by atoms with Crippen LogP contribution in [0.5, 0.6) is 0 Å². The summed E-state index contributed by atoms with van der Waals surface area (Å²) in [5.41, 5.74) is 1.12. The third kappa shape index (κ3) is 3.33. The van der Waals surface area contributed by atoms with E-state index in [1.54, 1.807) is 11.3 Å². The molecule has 1 atom stereocenters. The zero-order chi connectivity index (χ0) is 15.6. The van der Waals surface area contributed by atoms with Gasteiger partial charge in [-0.15, -0.1) is 11.3 Å². The molecule has 0 bridgehead atoms. The van der Waals surface area contributed by atoms with Crippen molar-refractivity contribution in [2.45, 2.75) is 63.8 Å². The lowest BCUT2D eigenvalue weighted by Crippen LogP contribution is -2.17. The van der Waals surface area contributed by atoms with Crippen molar-refractivity contribution in [3.63, 3.8) is 0 Å². The van der Waals surface area contributed by atoms with Gasteiger partial charge in [0.15, 0.2) is 5.82 Å². The lowest BCUT2D eigenvalue weighted by molar-refractivity contribution is 0.193. The van der Waals surface area contributed by atoms with Crippen LogP contribution in [0.1, 0.15) is 72.8 Å². The van der Waals surface area contributed by atoms with Gasteiger partial charge in [0, 0.05) is 17.9 Å². The molecule has 3 heterocycles. The highest BCUT2D eigenvalue weighted by molar-refractivity contribution is 7.09. The third-order valence-corrected chi connectivity index (χ3v) is 5.76. The Morgan fingerprint density at radius 1 is 1.22 bits per heavy atom. The molecule has 0 aromatic carbocycles. The van der Waals surface area contributed by atoms with E-state index < -0.39 is 0 Å². The second kappa shape index (κ2) is 6.69. The molecule has 0 amide bonds. The summed E-state index contributed by atoms with van der Waals surface area (Å²) >= 11 is 1.71. The average molecular weight is 332 g/mol. The Balaban J connectivity index is 1.63. The predicted molar refractivity (Wildman–Crippen MR) is 90.0 cm³/mol. The molecule has 1 saturated carbocycles. The molecule has 5 nitrogen and oxygen atoms in total. The first-order chi connectivity index (χ1) is 11.3. The van der Waals surface area contributed by atoms with E-state index in [4.69, 9.17) is 14.8 Å². The summed E-state index contributed by atoms with van der Waals surface area (Å²) in [6.07, 6.45) is 8.27. The summed E-state index contributed by atoms with van der Waals surface area (Å²) in [4.78, 5) is 9.52. The van der Waals surface area contributed by atoms with E-state index >= 15 is 0 Å². The number of hydrogen-bond acceptors (Lipinski definition) is 5. The van der Waals surface area contributed by atoms with Crippen LogP contribution in [0.15, 0.2) is 5.38 Å². The van der Waals surface area contributed by atoms with Gasteiger partial charge in [-0.25, -0.2) is 14.6 Å². The summed E-state index contributed by atoms with van der Waals surface area (Å²) in [5.74, 6) is 2.44. The number of aryl methyl sites for hydroxylation is 1. The van der Waals surface area contributed by atoms with Gasteiger partial charge in [-0.2, -0.15) is 5.10 Å². The minimum atomic E-state index is 0.371. The fourth-order valence-electron chi connectivity index (χ4n) is 3.67. The Kier molecular flexibility index (Phi) is 4.44. The second-order valence-electron chi connectivity index (χ2n) is 6.72. The monoisotopic (exact) mass is 332 g/mol.